The molecular formula is C20H14ClF2N3O. The average molecular weight is 386 g/mol. The molecule has 4 nitrogen and oxygen atoms in total. The Bertz CT molecular complexity index is 1020. The van der Waals surface area contributed by atoms with Crippen molar-refractivity contribution in [1.82, 2.24) is 14.9 Å². The minimum Gasteiger partial charge on any atom is -0.334 e. The van der Waals surface area contributed by atoms with E-state index in [9.17, 15) is 13.6 Å². The van der Waals surface area contributed by atoms with Crippen LogP contribution in [0.15, 0.2) is 48.7 Å². The van der Waals surface area contributed by atoms with E-state index in [-0.39, 0.29) is 11.5 Å². The quantitative estimate of drug-likeness (QED) is 0.661. The second-order valence-corrected chi connectivity index (χ2v) is 6.71. The maximum absolute atomic E-state index is 13.4. The molecule has 1 aliphatic rings. The molecule has 3 aromatic rings. The smallest absolute Gasteiger partial charge is 0.254 e. The molecule has 1 aromatic heterocycles. The van der Waals surface area contributed by atoms with Gasteiger partial charge in [0.1, 0.15) is 0 Å². The van der Waals surface area contributed by atoms with Crippen LogP contribution in [-0.2, 0) is 13.0 Å². The van der Waals surface area contributed by atoms with E-state index in [1.165, 1.54) is 6.07 Å². The van der Waals surface area contributed by atoms with Crippen molar-refractivity contribution in [2.75, 3.05) is 6.54 Å². The Morgan fingerprint density at radius 3 is 2.59 bits per heavy atom. The highest BCUT2D eigenvalue weighted by atomic mass is 35.5. The predicted molar refractivity (Wildman–Crippen MR) is 97.3 cm³/mol. The Morgan fingerprint density at radius 2 is 1.85 bits per heavy atom. The van der Waals surface area contributed by atoms with Crippen molar-refractivity contribution in [1.29, 1.82) is 0 Å². The zero-order valence-electron chi connectivity index (χ0n) is 14.1. The first-order valence-corrected chi connectivity index (χ1v) is 8.74. The van der Waals surface area contributed by atoms with E-state index >= 15 is 0 Å². The van der Waals surface area contributed by atoms with Gasteiger partial charge >= 0.3 is 0 Å². The maximum atomic E-state index is 13.4. The summed E-state index contributed by atoms with van der Waals surface area (Å²) in [6, 6.07) is 10.4. The third kappa shape index (κ3) is 3.53. The Balaban J connectivity index is 1.55. The molecule has 0 atom stereocenters. The second-order valence-electron chi connectivity index (χ2n) is 6.28. The van der Waals surface area contributed by atoms with E-state index in [1.54, 1.807) is 23.2 Å². The first-order chi connectivity index (χ1) is 13.0. The molecule has 0 saturated carbocycles. The van der Waals surface area contributed by atoms with Crippen LogP contribution in [0.3, 0.4) is 0 Å². The van der Waals surface area contributed by atoms with Crippen LogP contribution < -0.4 is 0 Å². The summed E-state index contributed by atoms with van der Waals surface area (Å²) >= 11 is 5.91. The average Bonchev–Trinajstić information content (AvgIpc) is 2.69. The number of hydrogen-bond acceptors (Lipinski definition) is 3. The van der Waals surface area contributed by atoms with Crippen molar-refractivity contribution >= 4 is 17.5 Å². The van der Waals surface area contributed by atoms with E-state index in [0.717, 1.165) is 29.0 Å². The summed E-state index contributed by atoms with van der Waals surface area (Å²) in [7, 11) is 0. The number of nitrogens with zero attached hydrogens (tertiary/aromatic N) is 3. The van der Waals surface area contributed by atoms with Gasteiger partial charge in [-0.25, -0.2) is 18.7 Å². The Hall–Kier alpha value is -2.86. The van der Waals surface area contributed by atoms with Crippen molar-refractivity contribution in [3.63, 3.8) is 0 Å². The third-order valence-electron chi connectivity index (χ3n) is 4.49. The number of carbonyl (C=O) groups is 1. The largest absolute Gasteiger partial charge is 0.334 e. The lowest BCUT2D eigenvalue weighted by Gasteiger charge is -2.28. The molecule has 0 unspecified atom stereocenters. The Morgan fingerprint density at radius 1 is 1.07 bits per heavy atom. The fraction of sp³-hybridized carbons (Fsp3) is 0.150. The van der Waals surface area contributed by atoms with E-state index in [1.807, 2.05) is 12.1 Å². The molecule has 0 saturated heterocycles. The normalized spacial score (nSPS) is 13.4. The topological polar surface area (TPSA) is 46.1 Å². The number of halogens is 3. The van der Waals surface area contributed by atoms with Crippen LogP contribution in [-0.4, -0.2) is 27.3 Å². The number of carbonyl (C=O) groups excluding carboxylic acids is 1. The SMILES string of the molecule is O=C(c1ccc(F)c(F)c1)N1CCc2nc(-c3ccc(Cl)cc3)ncc2C1. The van der Waals surface area contributed by atoms with Crippen LogP contribution in [0.1, 0.15) is 21.6 Å². The number of fused-ring (bicyclic) bond motifs is 1. The van der Waals surface area contributed by atoms with Gasteiger partial charge in [-0.1, -0.05) is 11.6 Å². The van der Waals surface area contributed by atoms with E-state index in [4.69, 9.17) is 11.6 Å². The van der Waals surface area contributed by atoms with E-state index in [2.05, 4.69) is 9.97 Å². The molecule has 2 heterocycles. The lowest BCUT2D eigenvalue weighted by atomic mass is 10.1. The minimum absolute atomic E-state index is 0.121. The number of benzene rings is 2. The van der Waals surface area contributed by atoms with Gasteiger partial charge in [-0.05, 0) is 42.5 Å². The minimum atomic E-state index is -1.03. The molecular weight excluding hydrogens is 372 g/mol. The zero-order chi connectivity index (χ0) is 19.0. The summed E-state index contributed by atoms with van der Waals surface area (Å²) in [6.07, 6.45) is 2.27. The van der Waals surface area contributed by atoms with Gasteiger partial charge in [0, 0.05) is 47.4 Å². The van der Waals surface area contributed by atoms with Crippen LogP contribution in [0, 0.1) is 11.6 Å². The molecule has 136 valence electrons. The first-order valence-electron chi connectivity index (χ1n) is 8.36. The van der Waals surface area contributed by atoms with E-state index in [0.29, 0.717) is 30.4 Å². The van der Waals surface area contributed by atoms with Crippen LogP contribution in [0.25, 0.3) is 11.4 Å². The summed E-state index contributed by atoms with van der Waals surface area (Å²) < 4.78 is 26.5. The molecule has 0 bridgehead atoms. The molecule has 0 spiro atoms. The lowest BCUT2D eigenvalue weighted by Crippen LogP contribution is -2.36. The highest BCUT2D eigenvalue weighted by Crippen LogP contribution is 2.23. The Kier molecular flexibility index (Phi) is 4.58. The molecule has 1 aliphatic heterocycles. The molecule has 2 aromatic carbocycles. The monoisotopic (exact) mass is 385 g/mol. The lowest BCUT2D eigenvalue weighted by molar-refractivity contribution is 0.0732. The van der Waals surface area contributed by atoms with Crippen molar-refractivity contribution in [3.05, 3.63) is 82.1 Å². The summed E-state index contributed by atoms with van der Waals surface area (Å²) in [4.78, 5) is 23.1. The van der Waals surface area contributed by atoms with Gasteiger partial charge in [0.15, 0.2) is 17.5 Å². The van der Waals surface area contributed by atoms with Crippen LogP contribution in [0.4, 0.5) is 8.78 Å². The molecule has 0 fully saturated rings. The van der Waals surface area contributed by atoms with Gasteiger partial charge in [-0.2, -0.15) is 0 Å². The van der Waals surface area contributed by atoms with Crippen molar-refractivity contribution in [3.8, 4) is 11.4 Å². The van der Waals surface area contributed by atoms with Crippen LogP contribution in [0.5, 0.6) is 0 Å². The van der Waals surface area contributed by atoms with Crippen molar-refractivity contribution in [2.24, 2.45) is 0 Å². The van der Waals surface area contributed by atoms with Gasteiger partial charge in [0.2, 0.25) is 0 Å². The van der Waals surface area contributed by atoms with E-state index < -0.39 is 11.6 Å². The number of amides is 1. The fourth-order valence-corrected chi connectivity index (χ4v) is 3.17. The van der Waals surface area contributed by atoms with Gasteiger partial charge < -0.3 is 4.90 Å². The molecule has 0 aliphatic carbocycles. The first kappa shape index (κ1) is 17.5. The second kappa shape index (κ2) is 7.04. The maximum Gasteiger partial charge on any atom is 0.254 e. The number of aromatic nitrogens is 2. The third-order valence-corrected chi connectivity index (χ3v) is 4.74. The highest BCUT2D eigenvalue weighted by Gasteiger charge is 2.24. The fourth-order valence-electron chi connectivity index (χ4n) is 3.04. The molecule has 4 rings (SSSR count). The van der Waals surface area contributed by atoms with Gasteiger partial charge in [0.05, 0.1) is 5.69 Å². The Labute approximate surface area is 159 Å². The summed E-state index contributed by atoms with van der Waals surface area (Å²) in [5.74, 6) is -1.75. The number of rotatable bonds is 2. The van der Waals surface area contributed by atoms with Crippen molar-refractivity contribution in [2.45, 2.75) is 13.0 Å². The van der Waals surface area contributed by atoms with Crippen LogP contribution >= 0.6 is 11.6 Å². The summed E-state index contributed by atoms with van der Waals surface area (Å²) in [6.45, 7) is 0.774. The van der Waals surface area contributed by atoms with Gasteiger partial charge in [0.25, 0.3) is 5.91 Å². The molecule has 0 N–H and O–H groups in total. The molecule has 0 radical (unpaired) electrons. The highest BCUT2D eigenvalue weighted by molar-refractivity contribution is 6.30. The number of hydrogen-bond donors (Lipinski definition) is 0. The predicted octanol–water partition coefficient (Wildman–Crippen LogP) is 4.27. The standard InChI is InChI=1S/C20H14ClF2N3O/c21-15-4-1-12(2-5-15)19-24-10-14-11-26(8-7-18(14)25-19)20(27)13-3-6-16(22)17(23)9-13/h1-6,9-10H,7-8,11H2. The molecule has 7 heteroatoms. The molecule has 1 amide bonds. The zero-order valence-corrected chi connectivity index (χ0v) is 14.9. The summed E-state index contributed by atoms with van der Waals surface area (Å²) in [5, 5.41) is 0.642. The summed E-state index contributed by atoms with van der Waals surface area (Å²) in [5.41, 5.74) is 2.71. The molecule has 27 heavy (non-hydrogen) atoms. The van der Waals surface area contributed by atoms with Crippen LogP contribution in [0.2, 0.25) is 5.02 Å². The van der Waals surface area contributed by atoms with Gasteiger partial charge in [-0.15, -0.1) is 0 Å². The van der Waals surface area contributed by atoms with Gasteiger partial charge in [-0.3, -0.25) is 4.79 Å². The van der Waals surface area contributed by atoms with Crippen molar-refractivity contribution < 1.29 is 13.6 Å².